The third-order valence-electron chi connectivity index (χ3n) is 5.46. The first-order valence-corrected chi connectivity index (χ1v) is 11.4. The van der Waals surface area contributed by atoms with E-state index < -0.39 is 22.2 Å². The largest absolute Gasteiger partial charge is 0.490 e. The van der Waals surface area contributed by atoms with E-state index in [0.29, 0.717) is 19.7 Å². The topological polar surface area (TPSA) is 106 Å². The van der Waals surface area contributed by atoms with Crippen LogP contribution in [0.4, 0.5) is 13.2 Å². The summed E-state index contributed by atoms with van der Waals surface area (Å²) in [5, 5.41) is 7.12. The van der Waals surface area contributed by atoms with Crippen molar-refractivity contribution in [2.45, 2.75) is 54.9 Å². The molecule has 12 heteroatoms. The van der Waals surface area contributed by atoms with Crippen LogP contribution in [0.3, 0.4) is 0 Å². The lowest BCUT2D eigenvalue weighted by Crippen LogP contribution is -2.50. The van der Waals surface area contributed by atoms with Crippen LogP contribution in [-0.4, -0.2) is 73.0 Å². The minimum Gasteiger partial charge on any atom is -0.475 e. The standard InChI is InChI=1S/C17H24N2O4S.C2HF3O2/c20-24(21,16-3-1-7-18-10-16)19-8-2-6-17(13-19)9-15(12-23-17)22-11-14-4-5-14;3-2(4,5)1(6)7/h1,3,7,10,14-15H,2,4-6,8-9,11-13H2;(H,6,7)/t15-,17-;/m0./s1. The van der Waals surface area contributed by atoms with Crippen LogP contribution in [0.5, 0.6) is 0 Å². The number of alkyl halides is 3. The quantitative estimate of drug-likeness (QED) is 0.711. The molecule has 2 aliphatic heterocycles. The number of hydrogen-bond donors (Lipinski definition) is 1. The summed E-state index contributed by atoms with van der Waals surface area (Å²) in [5.74, 6) is -2.03. The maximum absolute atomic E-state index is 12.8. The van der Waals surface area contributed by atoms with Crippen molar-refractivity contribution in [3.05, 3.63) is 24.5 Å². The monoisotopic (exact) mass is 466 g/mol. The number of piperidine rings is 1. The van der Waals surface area contributed by atoms with Crippen molar-refractivity contribution in [2.24, 2.45) is 5.92 Å². The predicted octanol–water partition coefficient (Wildman–Crippen LogP) is 2.45. The molecule has 8 nitrogen and oxygen atoms in total. The molecule has 3 fully saturated rings. The minimum atomic E-state index is -5.08. The number of pyridine rings is 1. The fraction of sp³-hybridized carbons (Fsp3) is 0.684. The molecule has 1 aliphatic carbocycles. The van der Waals surface area contributed by atoms with Gasteiger partial charge in [-0.3, -0.25) is 4.98 Å². The van der Waals surface area contributed by atoms with Crippen LogP contribution in [0.15, 0.2) is 29.4 Å². The summed E-state index contributed by atoms with van der Waals surface area (Å²) in [6.07, 6.45) is 3.06. The van der Waals surface area contributed by atoms with Crippen molar-refractivity contribution in [2.75, 3.05) is 26.3 Å². The second-order valence-corrected chi connectivity index (χ2v) is 9.97. The highest BCUT2D eigenvalue weighted by Gasteiger charge is 2.47. The summed E-state index contributed by atoms with van der Waals surface area (Å²) < 4.78 is 71.0. The molecular weight excluding hydrogens is 441 g/mol. The molecule has 2 saturated heterocycles. The van der Waals surface area contributed by atoms with Crippen molar-refractivity contribution in [1.29, 1.82) is 0 Å². The van der Waals surface area contributed by atoms with Crippen molar-refractivity contribution >= 4 is 16.0 Å². The zero-order valence-corrected chi connectivity index (χ0v) is 17.6. The van der Waals surface area contributed by atoms with Gasteiger partial charge in [0, 0.05) is 38.5 Å². The average molecular weight is 466 g/mol. The molecular formula is C19H25F3N2O6S. The zero-order chi connectivity index (χ0) is 22.7. The van der Waals surface area contributed by atoms with Crippen molar-refractivity contribution in [3.8, 4) is 0 Å². The Bertz CT molecular complexity index is 863. The summed E-state index contributed by atoms with van der Waals surface area (Å²) in [5.41, 5.74) is -0.387. The Balaban J connectivity index is 0.000000339. The highest BCUT2D eigenvalue weighted by Crippen LogP contribution is 2.38. The first-order valence-electron chi connectivity index (χ1n) is 9.98. The highest BCUT2D eigenvalue weighted by molar-refractivity contribution is 7.89. The highest BCUT2D eigenvalue weighted by atomic mass is 32.2. The molecule has 3 aliphatic rings. The molecule has 174 valence electrons. The number of hydrogen-bond acceptors (Lipinski definition) is 6. The molecule has 31 heavy (non-hydrogen) atoms. The van der Waals surface area contributed by atoms with Gasteiger partial charge >= 0.3 is 12.1 Å². The summed E-state index contributed by atoms with van der Waals surface area (Å²) in [6, 6.07) is 3.25. The normalized spacial score (nSPS) is 27.0. The lowest BCUT2D eigenvalue weighted by molar-refractivity contribution is -0.192. The van der Waals surface area contributed by atoms with Gasteiger partial charge in [-0.25, -0.2) is 13.2 Å². The number of sulfonamides is 1. The number of carbonyl (C=O) groups is 1. The third-order valence-corrected chi connectivity index (χ3v) is 7.29. The van der Waals surface area contributed by atoms with E-state index in [0.717, 1.165) is 31.8 Å². The zero-order valence-electron chi connectivity index (χ0n) is 16.8. The molecule has 0 aromatic carbocycles. The fourth-order valence-electron chi connectivity index (χ4n) is 3.66. The maximum atomic E-state index is 12.8. The number of ether oxygens (including phenoxy) is 2. The maximum Gasteiger partial charge on any atom is 0.490 e. The van der Waals surface area contributed by atoms with Gasteiger partial charge in [-0.05, 0) is 43.7 Å². The number of rotatable bonds is 5. The second kappa shape index (κ2) is 9.39. The van der Waals surface area contributed by atoms with Crippen LogP contribution in [0.1, 0.15) is 32.1 Å². The number of aromatic nitrogens is 1. The summed E-state index contributed by atoms with van der Waals surface area (Å²) in [6.45, 7) is 2.35. The van der Waals surface area contributed by atoms with Crippen molar-refractivity contribution < 1.29 is 41.0 Å². The van der Waals surface area contributed by atoms with E-state index in [1.165, 1.54) is 19.0 Å². The van der Waals surface area contributed by atoms with Gasteiger partial charge in [0.1, 0.15) is 4.90 Å². The smallest absolute Gasteiger partial charge is 0.475 e. The van der Waals surface area contributed by atoms with Crippen molar-refractivity contribution in [3.63, 3.8) is 0 Å². The molecule has 1 aromatic rings. The van der Waals surface area contributed by atoms with E-state index in [9.17, 15) is 21.6 Å². The lowest BCUT2D eigenvalue weighted by Gasteiger charge is -2.38. The summed E-state index contributed by atoms with van der Waals surface area (Å²) in [7, 11) is -3.51. The number of carboxylic acids is 1. The lowest BCUT2D eigenvalue weighted by atomic mass is 9.90. The van der Waals surface area contributed by atoms with Gasteiger partial charge in [-0.2, -0.15) is 17.5 Å². The van der Waals surface area contributed by atoms with E-state index in [-0.39, 0.29) is 16.6 Å². The minimum absolute atomic E-state index is 0.103. The Morgan fingerprint density at radius 3 is 2.68 bits per heavy atom. The second-order valence-electron chi connectivity index (χ2n) is 8.03. The molecule has 1 saturated carbocycles. The number of halogens is 3. The Kier molecular flexibility index (Phi) is 7.24. The van der Waals surface area contributed by atoms with Gasteiger partial charge in [0.05, 0.1) is 18.3 Å². The molecule has 0 bridgehead atoms. The Morgan fingerprint density at radius 2 is 2.10 bits per heavy atom. The van der Waals surface area contributed by atoms with E-state index in [4.69, 9.17) is 19.4 Å². The molecule has 0 radical (unpaired) electrons. The Labute approximate surface area is 178 Å². The molecule has 0 unspecified atom stereocenters. The van der Waals surface area contributed by atoms with Crippen LogP contribution >= 0.6 is 0 Å². The first-order chi connectivity index (χ1) is 14.5. The number of nitrogens with zero attached hydrogens (tertiary/aromatic N) is 2. The number of carboxylic acid groups (broad SMARTS) is 1. The van der Waals surface area contributed by atoms with Crippen LogP contribution in [-0.2, 0) is 24.3 Å². The van der Waals surface area contributed by atoms with Gasteiger partial charge < -0.3 is 14.6 Å². The Hall–Kier alpha value is -1.76. The molecule has 1 spiro atoms. The van der Waals surface area contributed by atoms with Gasteiger partial charge in [-0.15, -0.1) is 0 Å². The molecule has 1 N–H and O–H groups in total. The number of aliphatic carboxylic acids is 1. The average Bonchev–Trinajstić information content (AvgIpc) is 3.48. The third kappa shape index (κ3) is 6.37. The fourth-order valence-corrected chi connectivity index (χ4v) is 5.18. The molecule has 2 atom stereocenters. The van der Waals surface area contributed by atoms with Gasteiger partial charge in [0.25, 0.3) is 0 Å². The summed E-state index contributed by atoms with van der Waals surface area (Å²) in [4.78, 5) is 13.1. The van der Waals surface area contributed by atoms with Crippen LogP contribution in [0, 0.1) is 5.92 Å². The van der Waals surface area contributed by atoms with E-state index in [1.54, 1.807) is 22.6 Å². The van der Waals surface area contributed by atoms with Crippen LogP contribution in [0.2, 0.25) is 0 Å². The Morgan fingerprint density at radius 1 is 1.39 bits per heavy atom. The van der Waals surface area contributed by atoms with E-state index in [2.05, 4.69) is 4.98 Å². The van der Waals surface area contributed by atoms with E-state index >= 15 is 0 Å². The molecule has 1 aromatic heterocycles. The van der Waals surface area contributed by atoms with Crippen LogP contribution < -0.4 is 0 Å². The van der Waals surface area contributed by atoms with Gasteiger partial charge in [0.15, 0.2) is 0 Å². The van der Waals surface area contributed by atoms with E-state index in [1.807, 2.05) is 0 Å². The molecule has 3 heterocycles. The van der Waals surface area contributed by atoms with Gasteiger partial charge in [-0.1, -0.05) is 0 Å². The molecule has 0 amide bonds. The van der Waals surface area contributed by atoms with Crippen LogP contribution in [0.25, 0.3) is 0 Å². The first kappa shape index (κ1) is 23.9. The SMILES string of the molecule is O=C(O)C(F)(F)F.O=S(=O)(c1cccnc1)N1CCC[C@]2(C[C@H](OCC3CC3)CO2)C1. The van der Waals surface area contributed by atoms with Crippen molar-refractivity contribution in [1.82, 2.24) is 9.29 Å². The summed E-state index contributed by atoms with van der Waals surface area (Å²) >= 11 is 0. The predicted molar refractivity (Wildman–Crippen MR) is 102 cm³/mol. The van der Waals surface area contributed by atoms with Gasteiger partial charge in [0.2, 0.25) is 10.0 Å². The molecule has 4 rings (SSSR count).